The molecule has 2 heterocycles. The Hall–Kier alpha value is -1.35. The lowest BCUT2D eigenvalue weighted by molar-refractivity contribution is -0.120. The number of ether oxygens (including phenoxy) is 1. The minimum absolute atomic E-state index is 0.148. The van der Waals surface area contributed by atoms with Crippen LogP contribution in [0.15, 0.2) is 24.3 Å². The smallest absolute Gasteiger partial charge is 0.229 e. The van der Waals surface area contributed by atoms with Crippen LogP contribution in [0, 0.1) is 0 Å². The maximum absolute atomic E-state index is 12.2. The van der Waals surface area contributed by atoms with Crippen LogP contribution in [0.4, 0.5) is 5.69 Å². The van der Waals surface area contributed by atoms with Gasteiger partial charge in [0.15, 0.2) is 0 Å². The summed E-state index contributed by atoms with van der Waals surface area (Å²) in [7, 11) is 0. The normalized spacial score (nSPS) is 22.8. The third kappa shape index (κ3) is 2.07. The third-order valence-electron chi connectivity index (χ3n) is 3.61. The Bertz CT molecular complexity index is 424. The summed E-state index contributed by atoms with van der Waals surface area (Å²) >= 11 is 0. The Morgan fingerprint density at radius 3 is 3.12 bits per heavy atom. The first-order chi connectivity index (χ1) is 8.34. The Morgan fingerprint density at radius 1 is 1.41 bits per heavy atom. The molecule has 0 spiro atoms. The summed E-state index contributed by atoms with van der Waals surface area (Å²) in [6.07, 6.45) is 3.78. The van der Waals surface area contributed by atoms with Crippen LogP contribution in [-0.4, -0.2) is 25.2 Å². The Labute approximate surface area is 101 Å². The number of para-hydroxylation sites is 1. The summed E-state index contributed by atoms with van der Waals surface area (Å²) in [5, 5.41) is 0. The number of hydrogen-bond acceptors (Lipinski definition) is 2. The van der Waals surface area contributed by atoms with Crippen molar-refractivity contribution in [2.45, 2.75) is 31.8 Å². The molecule has 1 fully saturated rings. The van der Waals surface area contributed by atoms with Crippen molar-refractivity contribution in [1.82, 2.24) is 0 Å². The molecule has 90 valence electrons. The van der Waals surface area contributed by atoms with Crippen molar-refractivity contribution in [2.24, 2.45) is 0 Å². The zero-order valence-corrected chi connectivity index (χ0v) is 9.89. The van der Waals surface area contributed by atoms with E-state index in [9.17, 15) is 4.79 Å². The average Bonchev–Trinajstić information content (AvgIpc) is 2.96. The number of carbonyl (C=O) groups is 1. The van der Waals surface area contributed by atoms with E-state index in [-0.39, 0.29) is 12.0 Å². The van der Waals surface area contributed by atoms with Crippen molar-refractivity contribution in [2.75, 3.05) is 18.1 Å². The second kappa shape index (κ2) is 4.49. The number of benzene rings is 1. The molecule has 1 atom stereocenters. The van der Waals surface area contributed by atoms with Crippen molar-refractivity contribution in [3.05, 3.63) is 29.8 Å². The molecular formula is C14H17NO2. The van der Waals surface area contributed by atoms with Crippen molar-refractivity contribution in [3.8, 4) is 0 Å². The largest absolute Gasteiger partial charge is 0.378 e. The van der Waals surface area contributed by atoms with Gasteiger partial charge in [-0.15, -0.1) is 0 Å². The van der Waals surface area contributed by atoms with Crippen LogP contribution >= 0.6 is 0 Å². The first-order valence-corrected chi connectivity index (χ1v) is 6.34. The highest BCUT2D eigenvalue weighted by molar-refractivity contribution is 5.95. The molecule has 3 rings (SSSR count). The van der Waals surface area contributed by atoms with Crippen LogP contribution in [-0.2, 0) is 16.0 Å². The van der Waals surface area contributed by atoms with E-state index in [0.29, 0.717) is 6.42 Å². The maximum atomic E-state index is 12.2. The van der Waals surface area contributed by atoms with Gasteiger partial charge in [0, 0.05) is 18.8 Å². The van der Waals surface area contributed by atoms with E-state index < -0.39 is 0 Å². The van der Waals surface area contributed by atoms with Crippen LogP contribution in [0.2, 0.25) is 0 Å². The fourth-order valence-corrected chi connectivity index (χ4v) is 2.71. The Kier molecular flexibility index (Phi) is 2.85. The van der Waals surface area contributed by atoms with E-state index in [2.05, 4.69) is 6.07 Å². The molecule has 0 aromatic heterocycles. The second-order valence-electron chi connectivity index (χ2n) is 4.76. The molecule has 3 heteroatoms. The van der Waals surface area contributed by atoms with E-state index in [0.717, 1.165) is 38.1 Å². The zero-order valence-electron chi connectivity index (χ0n) is 9.89. The summed E-state index contributed by atoms with van der Waals surface area (Å²) in [6, 6.07) is 8.17. The lowest BCUT2D eigenvalue weighted by atomic mass is 10.1. The van der Waals surface area contributed by atoms with Crippen LogP contribution in [0.25, 0.3) is 0 Å². The van der Waals surface area contributed by atoms with Gasteiger partial charge in [0.2, 0.25) is 5.91 Å². The number of amides is 1. The first kappa shape index (κ1) is 10.8. The van der Waals surface area contributed by atoms with Gasteiger partial charge in [0.25, 0.3) is 0 Å². The second-order valence-corrected chi connectivity index (χ2v) is 4.76. The molecule has 0 bridgehead atoms. The highest BCUT2D eigenvalue weighted by Gasteiger charge is 2.27. The quantitative estimate of drug-likeness (QED) is 0.780. The number of carbonyl (C=O) groups excluding carboxylic acids is 1. The van der Waals surface area contributed by atoms with E-state index >= 15 is 0 Å². The predicted molar refractivity (Wildman–Crippen MR) is 66.1 cm³/mol. The molecule has 0 saturated carbocycles. The van der Waals surface area contributed by atoms with Gasteiger partial charge in [-0.3, -0.25) is 4.79 Å². The van der Waals surface area contributed by atoms with Gasteiger partial charge in [0.1, 0.15) is 0 Å². The molecule has 1 amide bonds. The first-order valence-electron chi connectivity index (χ1n) is 6.34. The molecule has 2 aliphatic heterocycles. The van der Waals surface area contributed by atoms with Crippen molar-refractivity contribution in [1.29, 1.82) is 0 Å². The van der Waals surface area contributed by atoms with Gasteiger partial charge >= 0.3 is 0 Å². The van der Waals surface area contributed by atoms with E-state index in [1.807, 2.05) is 23.1 Å². The molecule has 1 aromatic carbocycles. The summed E-state index contributed by atoms with van der Waals surface area (Å²) < 4.78 is 5.52. The Morgan fingerprint density at radius 2 is 2.29 bits per heavy atom. The topological polar surface area (TPSA) is 29.5 Å². The van der Waals surface area contributed by atoms with Gasteiger partial charge in [-0.2, -0.15) is 0 Å². The zero-order chi connectivity index (χ0) is 11.7. The van der Waals surface area contributed by atoms with Gasteiger partial charge in [-0.1, -0.05) is 18.2 Å². The highest BCUT2D eigenvalue weighted by Crippen LogP contribution is 2.29. The van der Waals surface area contributed by atoms with E-state index in [1.165, 1.54) is 5.56 Å². The molecule has 2 aliphatic rings. The van der Waals surface area contributed by atoms with Crippen LogP contribution < -0.4 is 4.90 Å². The molecule has 17 heavy (non-hydrogen) atoms. The summed E-state index contributed by atoms with van der Waals surface area (Å²) in [4.78, 5) is 14.1. The van der Waals surface area contributed by atoms with Gasteiger partial charge < -0.3 is 9.64 Å². The van der Waals surface area contributed by atoms with Gasteiger partial charge in [-0.05, 0) is 30.9 Å². The molecule has 0 N–H and O–H groups in total. The summed E-state index contributed by atoms with van der Waals surface area (Å²) in [6.45, 7) is 1.64. The number of rotatable bonds is 2. The van der Waals surface area contributed by atoms with Crippen molar-refractivity contribution in [3.63, 3.8) is 0 Å². The van der Waals surface area contributed by atoms with Crippen LogP contribution in [0.5, 0.6) is 0 Å². The molecular weight excluding hydrogens is 214 g/mol. The standard InChI is InChI=1S/C14H17NO2/c16-14(10-12-5-3-9-17-12)15-8-7-11-4-1-2-6-13(11)15/h1-2,4,6,12H,3,5,7-10H2. The minimum Gasteiger partial charge on any atom is -0.378 e. The molecule has 0 radical (unpaired) electrons. The van der Waals surface area contributed by atoms with Crippen LogP contribution in [0.1, 0.15) is 24.8 Å². The average molecular weight is 231 g/mol. The number of nitrogens with zero attached hydrogens (tertiary/aromatic N) is 1. The maximum Gasteiger partial charge on any atom is 0.229 e. The Balaban J connectivity index is 1.71. The SMILES string of the molecule is O=C(CC1CCCO1)N1CCc2ccccc21. The molecule has 0 aliphatic carbocycles. The lowest BCUT2D eigenvalue weighted by Gasteiger charge is -2.19. The fraction of sp³-hybridized carbons (Fsp3) is 0.500. The van der Waals surface area contributed by atoms with Gasteiger partial charge in [-0.25, -0.2) is 0 Å². The highest BCUT2D eigenvalue weighted by atomic mass is 16.5. The van der Waals surface area contributed by atoms with Crippen molar-refractivity contribution >= 4 is 11.6 Å². The molecule has 1 aromatic rings. The third-order valence-corrected chi connectivity index (χ3v) is 3.61. The minimum atomic E-state index is 0.148. The van der Waals surface area contributed by atoms with E-state index in [1.54, 1.807) is 0 Å². The monoisotopic (exact) mass is 231 g/mol. The van der Waals surface area contributed by atoms with E-state index in [4.69, 9.17) is 4.74 Å². The molecule has 1 unspecified atom stereocenters. The fourth-order valence-electron chi connectivity index (χ4n) is 2.71. The number of hydrogen-bond donors (Lipinski definition) is 0. The van der Waals surface area contributed by atoms with Crippen LogP contribution in [0.3, 0.4) is 0 Å². The molecule has 1 saturated heterocycles. The number of anilines is 1. The summed E-state index contributed by atoms with van der Waals surface area (Å²) in [5.74, 6) is 0.210. The predicted octanol–water partition coefficient (Wildman–Crippen LogP) is 2.14. The van der Waals surface area contributed by atoms with Gasteiger partial charge in [0.05, 0.1) is 12.5 Å². The molecule has 3 nitrogen and oxygen atoms in total. The lowest BCUT2D eigenvalue weighted by Crippen LogP contribution is -2.31. The number of fused-ring (bicyclic) bond motifs is 1. The summed E-state index contributed by atoms with van der Waals surface area (Å²) in [5.41, 5.74) is 2.38. The van der Waals surface area contributed by atoms with Crippen molar-refractivity contribution < 1.29 is 9.53 Å².